The first-order valence-corrected chi connectivity index (χ1v) is 7.20. The molecule has 1 N–H and O–H groups in total. The average molecular weight is 349 g/mol. The van der Waals surface area contributed by atoms with Crippen molar-refractivity contribution in [1.29, 1.82) is 0 Å². The summed E-state index contributed by atoms with van der Waals surface area (Å²) in [5, 5.41) is 9.78. The highest BCUT2D eigenvalue weighted by Crippen LogP contribution is 2.34. The van der Waals surface area contributed by atoms with E-state index in [1.54, 1.807) is 0 Å². The van der Waals surface area contributed by atoms with E-state index in [9.17, 15) is 0 Å². The summed E-state index contributed by atoms with van der Waals surface area (Å²) in [6.07, 6.45) is 0. The number of nitrogens with zero attached hydrogens (tertiary/aromatic N) is 1. The molecule has 0 amide bonds. The van der Waals surface area contributed by atoms with Gasteiger partial charge in [-0.2, -0.15) is 4.98 Å². The van der Waals surface area contributed by atoms with E-state index in [1.807, 2.05) is 26.0 Å². The lowest BCUT2D eigenvalue weighted by molar-refractivity contribution is 0.285. The number of rotatable bonds is 3. The summed E-state index contributed by atoms with van der Waals surface area (Å²) in [5.41, 5.74) is 2.19. The van der Waals surface area contributed by atoms with Crippen LogP contribution in [0, 0.1) is 13.8 Å². The zero-order valence-electron chi connectivity index (χ0n) is 9.83. The first kappa shape index (κ1) is 13.8. The van der Waals surface area contributed by atoms with E-state index in [-0.39, 0.29) is 6.61 Å². The van der Waals surface area contributed by atoms with Gasteiger partial charge in [-0.25, -0.2) is 0 Å². The van der Waals surface area contributed by atoms with Gasteiger partial charge in [-0.3, -0.25) is 0 Å². The molecule has 2 aromatic rings. The van der Waals surface area contributed by atoms with Crippen LogP contribution in [-0.4, -0.2) is 10.1 Å². The molecule has 0 fully saturated rings. The van der Waals surface area contributed by atoms with E-state index in [1.165, 1.54) is 11.3 Å². The molecule has 0 saturated heterocycles. The van der Waals surface area contributed by atoms with Crippen LogP contribution in [0.1, 0.15) is 16.0 Å². The van der Waals surface area contributed by atoms with E-state index in [0.29, 0.717) is 21.0 Å². The zero-order chi connectivity index (χ0) is 13.3. The lowest BCUT2D eigenvalue weighted by atomic mass is 10.1. The summed E-state index contributed by atoms with van der Waals surface area (Å²) in [4.78, 5) is 4.66. The zero-order valence-corrected chi connectivity index (χ0v) is 13.0. The summed E-state index contributed by atoms with van der Waals surface area (Å²) < 4.78 is 6.72. The third-order valence-electron chi connectivity index (χ3n) is 2.39. The average Bonchev–Trinajstić information content (AvgIpc) is 2.66. The van der Waals surface area contributed by atoms with Gasteiger partial charge in [0.05, 0.1) is 11.5 Å². The second-order valence-corrected chi connectivity index (χ2v) is 6.02. The van der Waals surface area contributed by atoms with Crippen LogP contribution in [0.4, 0.5) is 0 Å². The predicted octanol–water partition coefficient (Wildman–Crippen LogP) is 4.46. The quantitative estimate of drug-likeness (QED) is 0.890. The molecule has 6 heteroatoms. The van der Waals surface area contributed by atoms with Gasteiger partial charge in [0.25, 0.3) is 5.19 Å². The van der Waals surface area contributed by atoms with Crippen molar-refractivity contribution in [2.24, 2.45) is 0 Å². The minimum absolute atomic E-state index is 0.127. The Balaban J connectivity index is 2.28. The lowest BCUT2D eigenvalue weighted by Crippen LogP contribution is -1.87. The monoisotopic (exact) mass is 347 g/mol. The Morgan fingerprint density at radius 1 is 1.39 bits per heavy atom. The summed E-state index contributed by atoms with van der Waals surface area (Å²) in [7, 11) is 0. The van der Waals surface area contributed by atoms with Crippen molar-refractivity contribution in [3.05, 3.63) is 37.8 Å². The molecule has 0 aliphatic heterocycles. The van der Waals surface area contributed by atoms with Crippen molar-refractivity contribution in [3.8, 4) is 10.9 Å². The number of aromatic nitrogens is 1. The Labute approximate surface area is 123 Å². The predicted molar refractivity (Wildman–Crippen MR) is 76.7 cm³/mol. The van der Waals surface area contributed by atoms with Gasteiger partial charge in [0.1, 0.15) is 10.9 Å². The van der Waals surface area contributed by atoms with E-state index >= 15 is 0 Å². The number of benzene rings is 1. The van der Waals surface area contributed by atoms with Crippen molar-refractivity contribution >= 4 is 38.9 Å². The van der Waals surface area contributed by atoms with Gasteiger partial charge in [0.15, 0.2) is 0 Å². The van der Waals surface area contributed by atoms with Crippen LogP contribution in [0.15, 0.2) is 16.6 Å². The standard InChI is InChI=1S/C12H11BrClNO2S/c1-6-3-8(4-7(2)10(6)13)17-12-15-11(14)9(5-16)18-12/h3-4,16H,5H2,1-2H3. The third-order valence-corrected chi connectivity index (χ3v) is 4.98. The van der Waals surface area contributed by atoms with Crippen LogP contribution >= 0.6 is 38.9 Å². The molecular formula is C12H11BrClNO2S. The number of ether oxygens (including phenoxy) is 1. The van der Waals surface area contributed by atoms with Gasteiger partial charge in [-0.1, -0.05) is 38.9 Å². The second kappa shape index (κ2) is 5.57. The largest absolute Gasteiger partial charge is 0.431 e. The molecule has 3 nitrogen and oxygen atoms in total. The fourth-order valence-corrected chi connectivity index (χ4v) is 2.73. The summed E-state index contributed by atoms with van der Waals surface area (Å²) in [6, 6.07) is 3.84. The maximum Gasteiger partial charge on any atom is 0.280 e. The summed E-state index contributed by atoms with van der Waals surface area (Å²) in [6.45, 7) is 3.87. The molecule has 0 bridgehead atoms. The fourth-order valence-electron chi connectivity index (χ4n) is 1.52. The van der Waals surface area contributed by atoms with Gasteiger partial charge in [0.2, 0.25) is 0 Å². The van der Waals surface area contributed by atoms with Crippen LogP contribution < -0.4 is 4.74 Å². The summed E-state index contributed by atoms with van der Waals surface area (Å²) >= 11 is 10.6. The molecule has 0 aliphatic carbocycles. The molecule has 96 valence electrons. The molecule has 0 saturated carbocycles. The minimum Gasteiger partial charge on any atom is -0.431 e. The molecule has 2 rings (SSSR count). The number of aryl methyl sites for hydroxylation is 2. The number of thiazole rings is 1. The Bertz CT molecular complexity index is 562. The minimum atomic E-state index is -0.127. The maximum atomic E-state index is 9.05. The summed E-state index contributed by atoms with van der Waals surface area (Å²) in [5.74, 6) is 0.711. The van der Waals surface area contributed by atoms with Gasteiger partial charge in [-0.05, 0) is 37.1 Å². The number of aliphatic hydroxyl groups excluding tert-OH is 1. The molecule has 1 aromatic heterocycles. The topological polar surface area (TPSA) is 42.4 Å². The molecule has 0 aliphatic rings. The van der Waals surface area contributed by atoms with Crippen LogP contribution in [0.25, 0.3) is 0 Å². The molecule has 1 aromatic carbocycles. The molecule has 0 unspecified atom stereocenters. The Kier molecular flexibility index (Phi) is 4.27. The van der Waals surface area contributed by atoms with E-state index in [2.05, 4.69) is 20.9 Å². The van der Waals surface area contributed by atoms with Crippen molar-refractivity contribution in [3.63, 3.8) is 0 Å². The Morgan fingerprint density at radius 2 is 2.00 bits per heavy atom. The smallest absolute Gasteiger partial charge is 0.280 e. The van der Waals surface area contributed by atoms with Crippen molar-refractivity contribution in [2.45, 2.75) is 20.5 Å². The molecule has 0 atom stereocenters. The van der Waals surface area contributed by atoms with Crippen LogP contribution in [0.2, 0.25) is 5.15 Å². The highest BCUT2D eigenvalue weighted by atomic mass is 79.9. The van der Waals surface area contributed by atoms with E-state index < -0.39 is 0 Å². The van der Waals surface area contributed by atoms with Crippen molar-refractivity contribution in [1.82, 2.24) is 4.98 Å². The van der Waals surface area contributed by atoms with Gasteiger partial charge < -0.3 is 9.84 Å². The fraction of sp³-hybridized carbons (Fsp3) is 0.250. The molecule has 1 heterocycles. The van der Waals surface area contributed by atoms with Gasteiger partial charge >= 0.3 is 0 Å². The number of hydrogen-bond donors (Lipinski definition) is 1. The normalized spacial score (nSPS) is 10.7. The molecule has 18 heavy (non-hydrogen) atoms. The highest BCUT2D eigenvalue weighted by Gasteiger charge is 2.11. The van der Waals surface area contributed by atoms with Crippen LogP contribution in [-0.2, 0) is 6.61 Å². The number of halogens is 2. The van der Waals surface area contributed by atoms with Gasteiger partial charge in [0, 0.05) is 4.47 Å². The van der Waals surface area contributed by atoms with Crippen molar-refractivity contribution < 1.29 is 9.84 Å². The molecular weight excluding hydrogens is 338 g/mol. The molecule has 0 radical (unpaired) electrons. The van der Waals surface area contributed by atoms with Crippen LogP contribution in [0.5, 0.6) is 10.9 Å². The number of aliphatic hydroxyl groups is 1. The van der Waals surface area contributed by atoms with E-state index in [4.69, 9.17) is 21.4 Å². The Hall–Kier alpha value is -0.620. The first-order chi connectivity index (χ1) is 8.51. The van der Waals surface area contributed by atoms with Crippen LogP contribution in [0.3, 0.4) is 0 Å². The first-order valence-electron chi connectivity index (χ1n) is 5.22. The second-order valence-electron chi connectivity index (χ2n) is 3.82. The molecule has 0 spiro atoms. The number of hydrogen-bond acceptors (Lipinski definition) is 4. The highest BCUT2D eigenvalue weighted by molar-refractivity contribution is 9.10. The van der Waals surface area contributed by atoms with Gasteiger partial charge in [-0.15, -0.1) is 0 Å². The van der Waals surface area contributed by atoms with E-state index in [0.717, 1.165) is 15.6 Å². The maximum absolute atomic E-state index is 9.05. The Morgan fingerprint density at radius 3 is 2.50 bits per heavy atom. The SMILES string of the molecule is Cc1cc(Oc2nc(Cl)c(CO)s2)cc(C)c1Br. The van der Waals surface area contributed by atoms with Crippen molar-refractivity contribution in [2.75, 3.05) is 0 Å². The third kappa shape index (κ3) is 2.85. The lowest BCUT2D eigenvalue weighted by Gasteiger charge is -2.07.